The number of rotatable bonds is 5. The van der Waals surface area contributed by atoms with Crippen molar-refractivity contribution in [2.45, 2.75) is 6.42 Å². The Morgan fingerprint density at radius 1 is 1.47 bits per heavy atom. The number of halogens is 2. The van der Waals surface area contributed by atoms with Crippen LogP contribution in [-0.2, 0) is 0 Å². The van der Waals surface area contributed by atoms with E-state index in [1.165, 1.54) is 0 Å². The molecule has 0 saturated heterocycles. The van der Waals surface area contributed by atoms with Gasteiger partial charge in [-0.2, -0.15) is 4.39 Å². The van der Waals surface area contributed by atoms with Crippen molar-refractivity contribution in [2.75, 3.05) is 6.61 Å². The van der Waals surface area contributed by atoms with Crippen LogP contribution in [0.3, 0.4) is 0 Å². The highest BCUT2D eigenvalue weighted by molar-refractivity contribution is 5.76. The Morgan fingerprint density at radius 3 is 2.65 bits per heavy atom. The Morgan fingerprint density at radius 2 is 2.12 bits per heavy atom. The number of nitrogens with two attached hydrogens (primary N) is 1. The molecule has 17 heavy (non-hydrogen) atoms. The first kappa shape index (κ1) is 12.8. The van der Waals surface area contributed by atoms with E-state index in [4.69, 9.17) is 15.9 Å². The minimum absolute atomic E-state index is 0.0536. The van der Waals surface area contributed by atoms with Gasteiger partial charge in [-0.3, -0.25) is 15.5 Å². The lowest BCUT2D eigenvalue weighted by Crippen LogP contribution is -2.14. The first-order valence-corrected chi connectivity index (χ1v) is 4.51. The van der Waals surface area contributed by atoms with E-state index in [0.29, 0.717) is 12.1 Å². The van der Waals surface area contributed by atoms with Gasteiger partial charge < -0.3 is 10.5 Å². The number of nitrogens with one attached hydrogen (secondary N) is 1. The number of hydrogen-bond donors (Lipinski definition) is 2. The number of hydrogen-bond acceptors (Lipinski definition) is 4. The first-order valence-electron chi connectivity index (χ1n) is 4.51. The molecule has 0 spiro atoms. The van der Waals surface area contributed by atoms with Crippen molar-refractivity contribution in [1.29, 1.82) is 5.41 Å². The van der Waals surface area contributed by atoms with Gasteiger partial charge >= 0.3 is 5.69 Å². The number of nitro benzene ring substituents is 1. The van der Waals surface area contributed by atoms with Gasteiger partial charge in [0.1, 0.15) is 0 Å². The van der Waals surface area contributed by atoms with Crippen LogP contribution in [0.15, 0.2) is 12.1 Å². The molecule has 0 saturated carbocycles. The molecule has 1 aromatic rings. The summed E-state index contributed by atoms with van der Waals surface area (Å²) >= 11 is 0. The number of nitrogens with zero attached hydrogens (tertiary/aromatic N) is 1. The van der Waals surface area contributed by atoms with Crippen molar-refractivity contribution < 1.29 is 18.4 Å². The highest BCUT2D eigenvalue weighted by Gasteiger charge is 2.19. The third-order valence-electron chi connectivity index (χ3n) is 1.83. The van der Waals surface area contributed by atoms with Gasteiger partial charge in [-0.25, -0.2) is 4.39 Å². The topological polar surface area (TPSA) is 102 Å². The lowest BCUT2D eigenvalue weighted by molar-refractivity contribution is -0.387. The van der Waals surface area contributed by atoms with E-state index in [0.717, 1.165) is 0 Å². The molecule has 0 aromatic heterocycles. The summed E-state index contributed by atoms with van der Waals surface area (Å²) in [4.78, 5) is 9.27. The summed E-state index contributed by atoms with van der Waals surface area (Å²) in [5.74, 6) is -2.84. The number of nitro groups is 1. The van der Waals surface area contributed by atoms with E-state index < -0.39 is 28.0 Å². The summed E-state index contributed by atoms with van der Waals surface area (Å²) in [5.41, 5.74) is 4.08. The molecule has 1 aromatic carbocycles. The molecule has 0 heterocycles. The van der Waals surface area contributed by atoms with Crippen molar-refractivity contribution in [3.8, 4) is 5.75 Å². The van der Waals surface area contributed by atoms with Crippen LogP contribution in [0.5, 0.6) is 5.75 Å². The molecule has 0 atom stereocenters. The molecule has 0 unspecified atom stereocenters. The summed E-state index contributed by atoms with van der Waals surface area (Å²) in [6.45, 7) is -0.108. The van der Waals surface area contributed by atoms with Gasteiger partial charge in [0.15, 0.2) is 11.6 Å². The molecule has 6 nitrogen and oxygen atoms in total. The first-order chi connectivity index (χ1) is 7.91. The van der Waals surface area contributed by atoms with Crippen LogP contribution in [0.4, 0.5) is 14.5 Å². The van der Waals surface area contributed by atoms with Crippen molar-refractivity contribution in [2.24, 2.45) is 5.73 Å². The summed E-state index contributed by atoms with van der Waals surface area (Å²) < 4.78 is 31.2. The average Bonchev–Trinajstić information content (AvgIpc) is 2.21. The van der Waals surface area contributed by atoms with Crippen molar-refractivity contribution in [3.63, 3.8) is 0 Å². The normalized spacial score (nSPS) is 10.0. The molecule has 0 aliphatic rings. The zero-order valence-corrected chi connectivity index (χ0v) is 8.57. The summed E-state index contributed by atoms with van der Waals surface area (Å²) in [7, 11) is 0. The van der Waals surface area contributed by atoms with Crippen molar-refractivity contribution >= 4 is 11.5 Å². The van der Waals surface area contributed by atoms with Crippen LogP contribution in [0.1, 0.15) is 6.42 Å². The van der Waals surface area contributed by atoms with E-state index in [1.54, 1.807) is 0 Å². The van der Waals surface area contributed by atoms with Crippen LogP contribution in [0, 0.1) is 27.2 Å². The highest BCUT2D eigenvalue weighted by Crippen LogP contribution is 2.26. The lowest BCUT2D eigenvalue weighted by Gasteiger charge is -2.06. The predicted octanol–water partition coefficient (Wildman–Crippen LogP) is 1.58. The molecule has 0 fully saturated rings. The van der Waals surface area contributed by atoms with Crippen LogP contribution >= 0.6 is 0 Å². The monoisotopic (exact) mass is 245 g/mol. The fraction of sp³-hybridized carbons (Fsp3) is 0.222. The van der Waals surface area contributed by atoms with Crippen molar-refractivity contribution in [1.82, 2.24) is 0 Å². The zero-order valence-electron chi connectivity index (χ0n) is 8.57. The molecule has 3 N–H and O–H groups in total. The fourth-order valence-corrected chi connectivity index (χ4v) is 1.04. The Labute approximate surface area is 94.6 Å². The van der Waals surface area contributed by atoms with E-state index in [1.807, 2.05) is 0 Å². The van der Waals surface area contributed by atoms with Crippen LogP contribution in [-0.4, -0.2) is 17.4 Å². The van der Waals surface area contributed by atoms with Crippen LogP contribution < -0.4 is 10.5 Å². The molecule has 92 valence electrons. The zero-order chi connectivity index (χ0) is 13.0. The van der Waals surface area contributed by atoms with Gasteiger partial charge in [-0.05, 0) is 0 Å². The van der Waals surface area contributed by atoms with Gasteiger partial charge in [0.2, 0.25) is 5.82 Å². The Kier molecular flexibility index (Phi) is 3.91. The van der Waals surface area contributed by atoms with E-state index in [-0.39, 0.29) is 18.9 Å². The third kappa shape index (κ3) is 3.37. The van der Waals surface area contributed by atoms with E-state index in [2.05, 4.69) is 0 Å². The smallest absolute Gasteiger partial charge is 0.307 e. The molecule has 0 aliphatic carbocycles. The van der Waals surface area contributed by atoms with Crippen LogP contribution in [0.25, 0.3) is 0 Å². The number of benzene rings is 1. The highest BCUT2D eigenvalue weighted by atomic mass is 19.1. The molecule has 1 rings (SSSR count). The maximum atomic E-state index is 13.2. The van der Waals surface area contributed by atoms with Gasteiger partial charge in [-0.1, -0.05) is 0 Å². The van der Waals surface area contributed by atoms with E-state index in [9.17, 15) is 18.9 Å². The Bertz CT molecular complexity index is 465. The minimum Gasteiger partial charge on any atom is -0.490 e. The second kappa shape index (κ2) is 5.19. The molecule has 0 aliphatic heterocycles. The number of ether oxygens (including phenoxy) is 1. The summed E-state index contributed by atoms with van der Waals surface area (Å²) in [6, 6.07) is 1.03. The lowest BCUT2D eigenvalue weighted by atomic mass is 10.3. The number of amidine groups is 1. The average molecular weight is 245 g/mol. The predicted molar refractivity (Wildman–Crippen MR) is 55.0 cm³/mol. The largest absolute Gasteiger partial charge is 0.490 e. The van der Waals surface area contributed by atoms with Gasteiger partial charge in [0.05, 0.1) is 23.4 Å². The molecule has 0 bridgehead atoms. The van der Waals surface area contributed by atoms with E-state index >= 15 is 0 Å². The fourth-order valence-electron chi connectivity index (χ4n) is 1.04. The summed E-state index contributed by atoms with van der Waals surface area (Å²) in [5, 5.41) is 17.2. The minimum atomic E-state index is -1.19. The molecular weight excluding hydrogens is 236 g/mol. The van der Waals surface area contributed by atoms with Gasteiger partial charge in [-0.15, -0.1) is 0 Å². The molecular formula is C9H9F2N3O3. The van der Waals surface area contributed by atoms with Gasteiger partial charge in [0, 0.05) is 12.5 Å². The SMILES string of the molecule is N=C(N)CCOc1cc(F)c([N+](=O)[O-])cc1F. The van der Waals surface area contributed by atoms with Gasteiger partial charge in [0.25, 0.3) is 0 Å². The second-order valence-electron chi connectivity index (χ2n) is 3.11. The molecule has 0 radical (unpaired) electrons. The standard InChI is InChI=1S/C9H9F2N3O3/c10-5-4-8(17-2-1-9(12)13)6(11)3-7(5)14(15)16/h3-4H,1-2H2,(H3,12,13). The second-order valence-corrected chi connectivity index (χ2v) is 3.11. The quantitative estimate of drug-likeness (QED) is 0.355. The maximum Gasteiger partial charge on any atom is 0.307 e. The Balaban J connectivity index is 2.84. The summed E-state index contributed by atoms with van der Waals surface area (Å²) in [6.07, 6.45) is 0.0536. The third-order valence-corrected chi connectivity index (χ3v) is 1.83. The maximum absolute atomic E-state index is 13.2. The van der Waals surface area contributed by atoms with Crippen LogP contribution in [0.2, 0.25) is 0 Å². The molecule has 8 heteroatoms. The van der Waals surface area contributed by atoms with Crippen molar-refractivity contribution in [3.05, 3.63) is 33.9 Å². The molecule has 0 amide bonds. The Hall–Kier alpha value is -2.25.